The predicted molar refractivity (Wildman–Crippen MR) is 267 cm³/mol. The van der Waals surface area contributed by atoms with E-state index >= 15 is 0 Å². The molecule has 0 radical (unpaired) electrons. The Bertz CT molecular complexity index is 3790. The summed E-state index contributed by atoms with van der Waals surface area (Å²) in [4.78, 5) is 23.0. The molecule has 0 spiro atoms. The van der Waals surface area contributed by atoms with Crippen LogP contribution < -0.4 is 4.90 Å². The number of aromatic nitrogens is 4. The van der Waals surface area contributed by atoms with E-state index in [-0.39, 0.29) is 0 Å². The van der Waals surface area contributed by atoms with E-state index in [4.69, 9.17) is 19.9 Å². The minimum absolute atomic E-state index is 0.701. The van der Waals surface area contributed by atoms with Crippen molar-refractivity contribution in [3.8, 4) is 32.3 Å². The molecule has 0 fully saturated rings. The van der Waals surface area contributed by atoms with E-state index in [2.05, 4.69) is 205 Å². The monoisotopic (exact) mass is 839 g/mol. The second kappa shape index (κ2) is 14.4. The fourth-order valence-corrected chi connectivity index (χ4v) is 10.9. The second-order valence-corrected chi connectivity index (χ2v) is 17.9. The lowest BCUT2D eigenvalue weighted by atomic mass is 9.96. The highest BCUT2D eigenvalue weighted by atomic mass is 32.1. The number of pyridine rings is 2. The molecule has 0 aliphatic heterocycles. The van der Waals surface area contributed by atoms with Crippen LogP contribution >= 0.6 is 22.7 Å². The van der Waals surface area contributed by atoms with Crippen molar-refractivity contribution in [2.75, 3.05) is 4.90 Å². The molecule has 9 aromatic carbocycles. The Labute approximate surface area is 369 Å². The van der Waals surface area contributed by atoms with Gasteiger partial charge >= 0.3 is 0 Å². The van der Waals surface area contributed by atoms with Gasteiger partial charge in [-0.15, -0.1) is 22.7 Å². The van der Waals surface area contributed by atoms with Crippen LogP contribution in [0.2, 0.25) is 0 Å². The Morgan fingerprint density at radius 3 is 1.41 bits per heavy atom. The van der Waals surface area contributed by atoms with Crippen LogP contribution in [0.25, 0.3) is 107 Å². The fraction of sp³-hybridized carbons (Fsp3) is 0. The molecule has 0 unspecified atom stereocenters. The van der Waals surface area contributed by atoms with Crippen LogP contribution in [0.3, 0.4) is 0 Å². The van der Waals surface area contributed by atoms with Gasteiger partial charge in [-0.1, -0.05) is 152 Å². The predicted octanol–water partition coefficient (Wildman–Crippen LogP) is 15.9. The van der Waals surface area contributed by atoms with Crippen molar-refractivity contribution in [3.63, 3.8) is 0 Å². The molecule has 4 heterocycles. The second-order valence-electron chi connectivity index (χ2n) is 15.9. The van der Waals surface area contributed by atoms with E-state index in [0.717, 1.165) is 53.3 Å². The summed E-state index contributed by atoms with van der Waals surface area (Å²) in [6.45, 7) is 0. The molecule has 4 aromatic heterocycles. The first-order chi connectivity index (χ1) is 31.2. The molecule has 0 atom stereocenters. The normalized spacial score (nSPS) is 11.8. The average molecular weight is 840 g/mol. The highest BCUT2D eigenvalue weighted by Crippen LogP contribution is 2.41. The summed E-state index contributed by atoms with van der Waals surface area (Å²) in [5, 5.41) is 13.9. The molecule has 0 N–H and O–H groups in total. The van der Waals surface area contributed by atoms with Crippen LogP contribution in [0.1, 0.15) is 0 Å². The lowest BCUT2D eigenvalue weighted by Crippen LogP contribution is -2.13. The summed E-state index contributed by atoms with van der Waals surface area (Å²) >= 11 is 3.33. The zero-order valence-electron chi connectivity index (χ0n) is 33.6. The minimum Gasteiger partial charge on any atom is -0.279 e. The molecule has 0 bridgehead atoms. The fourth-order valence-electron chi connectivity index (χ4n) is 9.05. The van der Waals surface area contributed by atoms with E-state index < -0.39 is 0 Å². The molecule has 294 valence electrons. The summed E-state index contributed by atoms with van der Waals surface area (Å²) in [6.07, 6.45) is 0. The van der Waals surface area contributed by atoms with Gasteiger partial charge in [-0.3, -0.25) is 4.90 Å². The SMILES string of the molecule is c1ccc2cc(-c3ccc4c(ccc5cc(N(c6ccc7sc(-c8cccc9ccccc89)nc7n6)c6ccc7sc(-c8cccc9ccccc89)nc7n6)ccc54)c3)ccc2c1. The summed E-state index contributed by atoms with van der Waals surface area (Å²) in [6, 6.07) is 71.3. The summed E-state index contributed by atoms with van der Waals surface area (Å²) in [5.74, 6) is 1.46. The molecule has 0 aliphatic carbocycles. The van der Waals surface area contributed by atoms with Gasteiger partial charge in [0.2, 0.25) is 0 Å². The highest BCUT2D eigenvalue weighted by molar-refractivity contribution is 7.22. The minimum atomic E-state index is 0.701. The Morgan fingerprint density at radius 2 is 0.794 bits per heavy atom. The first-order valence-corrected chi connectivity index (χ1v) is 22.6. The van der Waals surface area contributed by atoms with Crippen molar-refractivity contribution in [1.29, 1.82) is 0 Å². The Hall–Kier alpha value is -7.84. The van der Waals surface area contributed by atoms with Gasteiger partial charge < -0.3 is 0 Å². The summed E-state index contributed by atoms with van der Waals surface area (Å²) in [5.41, 5.74) is 6.98. The first kappa shape index (κ1) is 35.9. The molecule has 13 rings (SSSR count). The first-order valence-electron chi connectivity index (χ1n) is 20.9. The van der Waals surface area contributed by atoms with E-state index in [0.29, 0.717) is 11.3 Å². The zero-order chi connectivity index (χ0) is 41.4. The van der Waals surface area contributed by atoms with Crippen molar-refractivity contribution < 1.29 is 0 Å². The molecule has 0 saturated carbocycles. The van der Waals surface area contributed by atoms with Crippen LogP contribution in [-0.2, 0) is 0 Å². The van der Waals surface area contributed by atoms with Crippen molar-refractivity contribution >= 4 is 115 Å². The summed E-state index contributed by atoms with van der Waals surface area (Å²) < 4.78 is 2.05. The standard InChI is InChI=1S/C56H33N5S2/c1-2-12-37-31-38(20-19-34(37)9-1)39-23-25-45-40(32-39)21-22-41-33-42(24-26-46(41)45)61(51-29-27-49-53(57-51)59-55(62-49)47-17-7-13-35-10-3-5-15-43(35)47)52-30-28-50-54(58-52)60-56(63-50)48-18-8-14-36-11-4-6-16-44(36)48/h1-33H. The molecule has 63 heavy (non-hydrogen) atoms. The Balaban J connectivity index is 0.939. The van der Waals surface area contributed by atoms with E-state index in [1.807, 2.05) is 0 Å². The molecular weight excluding hydrogens is 807 g/mol. The van der Waals surface area contributed by atoms with Gasteiger partial charge in [0, 0.05) is 16.8 Å². The third-order valence-corrected chi connectivity index (χ3v) is 14.2. The van der Waals surface area contributed by atoms with Gasteiger partial charge in [-0.2, -0.15) is 0 Å². The molecular formula is C56H33N5S2. The molecule has 0 saturated heterocycles. The van der Waals surface area contributed by atoms with Crippen LogP contribution in [-0.4, -0.2) is 19.9 Å². The smallest absolute Gasteiger partial charge is 0.173 e. The van der Waals surface area contributed by atoms with Crippen LogP contribution in [0.4, 0.5) is 17.3 Å². The molecule has 0 aliphatic rings. The molecule has 7 heteroatoms. The van der Waals surface area contributed by atoms with Crippen LogP contribution in [0.15, 0.2) is 200 Å². The third-order valence-electron chi connectivity index (χ3n) is 12.1. The van der Waals surface area contributed by atoms with Gasteiger partial charge in [0.25, 0.3) is 0 Å². The maximum absolute atomic E-state index is 5.28. The number of hydrogen-bond donors (Lipinski definition) is 0. The number of fused-ring (bicyclic) bond motifs is 8. The van der Waals surface area contributed by atoms with Crippen LogP contribution in [0.5, 0.6) is 0 Å². The number of rotatable bonds is 6. The van der Waals surface area contributed by atoms with E-state index in [9.17, 15) is 0 Å². The largest absolute Gasteiger partial charge is 0.279 e. The maximum atomic E-state index is 5.28. The molecule has 5 nitrogen and oxygen atoms in total. The van der Waals surface area contributed by atoms with Gasteiger partial charge in [0.1, 0.15) is 21.7 Å². The average Bonchev–Trinajstić information content (AvgIpc) is 3.97. The number of benzene rings is 9. The number of nitrogens with zero attached hydrogens (tertiary/aromatic N) is 5. The highest BCUT2D eigenvalue weighted by Gasteiger charge is 2.21. The van der Waals surface area contributed by atoms with Gasteiger partial charge in [-0.25, -0.2) is 19.9 Å². The van der Waals surface area contributed by atoms with E-state index in [1.165, 1.54) is 59.6 Å². The van der Waals surface area contributed by atoms with Gasteiger partial charge in [-0.05, 0) is 114 Å². The van der Waals surface area contributed by atoms with Gasteiger partial charge in [0.05, 0.1) is 9.40 Å². The third kappa shape index (κ3) is 6.12. The summed E-state index contributed by atoms with van der Waals surface area (Å²) in [7, 11) is 0. The lowest BCUT2D eigenvalue weighted by molar-refractivity contribution is 1.15. The number of thiazole rings is 2. The maximum Gasteiger partial charge on any atom is 0.173 e. The van der Waals surface area contributed by atoms with Crippen LogP contribution in [0, 0.1) is 0 Å². The Morgan fingerprint density at radius 1 is 0.317 bits per heavy atom. The topological polar surface area (TPSA) is 54.8 Å². The van der Waals surface area contributed by atoms with Crippen molar-refractivity contribution in [3.05, 3.63) is 200 Å². The number of anilines is 3. The molecule has 0 amide bonds. The van der Waals surface area contributed by atoms with Crippen molar-refractivity contribution in [2.24, 2.45) is 0 Å². The van der Waals surface area contributed by atoms with Gasteiger partial charge in [0.15, 0.2) is 11.3 Å². The zero-order valence-corrected chi connectivity index (χ0v) is 35.2. The van der Waals surface area contributed by atoms with Crippen molar-refractivity contribution in [2.45, 2.75) is 0 Å². The molecule has 13 aromatic rings. The van der Waals surface area contributed by atoms with E-state index in [1.54, 1.807) is 22.7 Å². The van der Waals surface area contributed by atoms with Crippen molar-refractivity contribution in [1.82, 2.24) is 19.9 Å². The Kier molecular flexibility index (Phi) is 8.19. The quantitative estimate of drug-likeness (QED) is 0.156. The number of hydrogen-bond acceptors (Lipinski definition) is 7. The lowest BCUT2D eigenvalue weighted by Gasteiger charge is -2.23.